The zero-order valence-electron chi connectivity index (χ0n) is 18.6. The first-order valence-electron chi connectivity index (χ1n) is 10.6. The number of aliphatic hydroxyl groups excluding tert-OH is 1. The van der Waals surface area contributed by atoms with Crippen molar-refractivity contribution >= 4 is 17.7 Å². The van der Waals surface area contributed by atoms with E-state index in [9.17, 15) is 34.1 Å². The van der Waals surface area contributed by atoms with Crippen molar-refractivity contribution in [3.63, 3.8) is 0 Å². The predicted molar refractivity (Wildman–Crippen MR) is 113 cm³/mol. The standard InChI is InChI=1S/C23H29FN2O6/c1-11-8-14(9-16(24)21(11)29)17(28)6-5-7-25(4)10-15-12(2)19-18(13(3)27)22(30)26(19)20(15)23(31)32/h8-9,12-13,18-19,27,29H,5-7,10H2,1-4H3,(H,31,32)/t12-,13+,18+,19+/m0/s1. The van der Waals surface area contributed by atoms with Gasteiger partial charge in [0.2, 0.25) is 5.91 Å². The van der Waals surface area contributed by atoms with Crippen molar-refractivity contribution in [3.05, 3.63) is 40.3 Å². The fraction of sp³-hybridized carbons (Fsp3) is 0.522. The topological polar surface area (TPSA) is 118 Å². The summed E-state index contributed by atoms with van der Waals surface area (Å²) in [4.78, 5) is 39.8. The van der Waals surface area contributed by atoms with Crippen LogP contribution in [-0.2, 0) is 9.59 Å². The van der Waals surface area contributed by atoms with Crippen LogP contribution in [0.5, 0.6) is 5.75 Å². The first-order chi connectivity index (χ1) is 15.0. The first kappa shape index (κ1) is 23.9. The number of fused-ring (bicyclic) bond motifs is 1. The molecule has 0 saturated carbocycles. The number of rotatable bonds is 9. The number of phenols is 1. The number of likely N-dealkylation sites (N-methyl/N-ethyl adjacent to an activating group) is 1. The number of hydrogen-bond acceptors (Lipinski definition) is 6. The summed E-state index contributed by atoms with van der Waals surface area (Å²) in [7, 11) is 1.80. The third-order valence-electron chi connectivity index (χ3n) is 6.48. The Balaban J connectivity index is 1.62. The summed E-state index contributed by atoms with van der Waals surface area (Å²) in [5, 5.41) is 29.1. The van der Waals surface area contributed by atoms with Gasteiger partial charge in [-0.15, -0.1) is 0 Å². The number of aryl methyl sites for hydroxylation is 1. The Bertz CT molecular complexity index is 966. The Morgan fingerprint density at radius 3 is 2.53 bits per heavy atom. The SMILES string of the molecule is Cc1cc(C(=O)CCCN(C)CC2=C(C(=O)O)N3C(=O)[C@H]([C@@H](C)O)[C@H]3[C@H]2C)cc(F)c1O. The largest absolute Gasteiger partial charge is 0.505 e. The zero-order chi connectivity index (χ0) is 23.9. The van der Waals surface area contributed by atoms with Crippen molar-refractivity contribution in [1.29, 1.82) is 0 Å². The van der Waals surface area contributed by atoms with E-state index >= 15 is 0 Å². The number of carboxylic acids is 1. The quantitative estimate of drug-likeness (QED) is 0.390. The van der Waals surface area contributed by atoms with Gasteiger partial charge in [0, 0.05) is 24.4 Å². The van der Waals surface area contributed by atoms with E-state index < -0.39 is 29.6 Å². The molecule has 3 N–H and O–H groups in total. The monoisotopic (exact) mass is 448 g/mol. The van der Waals surface area contributed by atoms with E-state index in [1.54, 1.807) is 7.05 Å². The van der Waals surface area contributed by atoms with E-state index in [-0.39, 0.29) is 41.3 Å². The van der Waals surface area contributed by atoms with Crippen molar-refractivity contribution in [2.45, 2.75) is 45.8 Å². The van der Waals surface area contributed by atoms with E-state index in [2.05, 4.69) is 0 Å². The third-order valence-corrected chi connectivity index (χ3v) is 6.48. The lowest BCUT2D eigenvalue weighted by molar-refractivity contribution is -0.163. The highest BCUT2D eigenvalue weighted by Gasteiger charge is 2.59. The minimum Gasteiger partial charge on any atom is -0.505 e. The van der Waals surface area contributed by atoms with Gasteiger partial charge in [0.15, 0.2) is 17.3 Å². The molecule has 8 nitrogen and oxygen atoms in total. The van der Waals surface area contributed by atoms with Crippen LogP contribution in [0.3, 0.4) is 0 Å². The second-order valence-electron chi connectivity index (χ2n) is 8.82. The van der Waals surface area contributed by atoms with Gasteiger partial charge in [-0.1, -0.05) is 6.92 Å². The smallest absolute Gasteiger partial charge is 0.352 e. The van der Waals surface area contributed by atoms with Crippen molar-refractivity contribution in [2.75, 3.05) is 20.1 Å². The van der Waals surface area contributed by atoms with Crippen molar-refractivity contribution < 1.29 is 34.1 Å². The van der Waals surface area contributed by atoms with Crippen LogP contribution in [-0.4, -0.2) is 75.1 Å². The first-order valence-corrected chi connectivity index (χ1v) is 10.6. The van der Waals surface area contributed by atoms with Crippen LogP contribution in [0.15, 0.2) is 23.4 Å². The summed E-state index contributed by atoms with van der Waals surface area (Å²) < 4.78 is 13.7. The van der Waals surface area contributed by atoms with Gasteiger partial charge in [-0.05, 0) is 57.1 Å². The fourth-order valence-electron chi connectivity index (χ4n) is 4.77. The Morgan fingerprint density at radius 2 is 1.97 bits per heavy atom. The van der Waals surface area contributed by atoms with Gasteiger partial charge in [0.05, 0.1) is 18.1 Å². The Kier molecular flexibility index (Phi) is 6.71. The molecule has 1 aromatic carbocycles. The molecule has 0 radical (unpaired) electrons. The van der Waals surface area contributed by atoms with E-state index in [0.717, 1.165) is 6.07 Å². The molecule has 1 aromatic rings. The highest BCUT2D eigenvalue weighted by Crippen LogP contribution is 2.47. The molecule has 0 aromatic heterocycles. The van der Waals surface area contributed by atoms with Gasteiger partial charge >= 0.3 is 5.97 Å². The molecular weight excluding hydrogens is 419 g/mol. The van der Waals surface area contributed by atoms with Crippen molar-refractivity contribution in [2.24, 2.45) is 11.8 Å². The fourth-order valence-corrected chi connectivity index (χ4v) is 4.77. The number of aliphatic hydroxyl groups is 1. The number of Topliss-reactive ketones (excluding diaryl/α,β-unsaturated/α-hetero) is 1. The molecule has 0 unspecified atom stereocenters. The maximum atomic E-state index is 13.7. The van der Waals surface area contributed by atoms with Crippen LogP contribution >= 0.6 is 0 Å². The van der Waals surface area contributed by atoms with E-state index in [0.29, 0.717) is 30.6 Å². The van der Waals surface area contributed by atoms with Gasteiger partial charge in [-0.2, -0.15) is 0 Å². The molecule has 0 aliphatic carbocycles. The van der Waals surface area contributed by atoms with Crippen LogP contribution in [0, 0.1) is 24.6 Å². The molecular formula is C23H29FN2O6. The predicted octanol–water partition coefficient (Wildman–Crippen LogP) is 1.93. The van der Waals surface area contributed by atoms with Crippen LogP contribution < -0.4 is 0 Å². The molecule has 2 heterocycles. The summed E-state index contributed by atoms with van der Waals surface area (Å²) in [5.74, 6) is -3.87. The van der Waals surface area contributed by atoms with Gasteiger partial charge in [-0.3, -0.25) is 9.59 Å². The Morgan fingerprint density at radius 1 is 1.31 bits per heavy atom. The van der Waals surface area contributed by atoms with E-state index in [4.69, 9.17) is 0 Å². The summed E-state index contributed by atoms with van der Waals surface area (Å²) in [6.45, 7) is 5.73. The van der Waals surface area contributed by atoms with Crippen LogP contribution in [0.4, 0.5) is 4.39 Å². The summed E-state index contributed by atoms with van der Waals surface area (Å²) in [6, 6.07) is 2.12. The molecule has 4 atom stereocenters. The number of phenolic OH excluding ortho intramolecular Hbond substituents is 1. The van der Waals surface area contributed by atoms with Crippen LogP contribution in [0.25, 0.3) is 0 Å². The number of amides is 1. The Labute approximate surface area is 185 Å². The molecule has 0 spiro atoms. The number of benzene rings is 1. The molecule has 2 aliphatic rings. The lowest BCUT2D eigenvalue weighted by Crippen LogP contribution is -2.63. The minimum atomic E-state index is -1.17. The number of hydrogen-bond donors (Lipinski definition) is 3. The van der Waals surface area contributed by atoms with Crippen LogP contribution in [0.2, 0.25) is 0 Å². The number of carbonyl (C=O) groups excluding carboxylic acids is 2. The summed E-state index contributed by atoms with van der Waals surface area (Å²) >= 11 is 0. The number of β-lactam (4-membered cyclic amide) rings is 1. The number of ketones is 1. The molecule has 174 valence electrons. The maximum absolute atomic E-state index is 13.7. The van der Waals surface area contributed by atoms with E-state index in [1.807, 2.05) is 11.8 Å². The molecule has 0 bridgehead atoms. The maximum Gasteiger partial charge on any atom is 0.352 e. The van der Waals surface area contributed by atoms with Crippen molar-refractivity contribution in [3.8, 4) is 5.75 Å². The number of nitrogens with zero attached hydrogens (tertiary/aromatic N) is 2. The minimum absolute atomic E-state index is 0.0117. The van der Waals surface area contributed by atoms with Gasteiger partial charge < -0.3 is 25.1 Å². The zero-order valence-corrected chi connectivity index (χ0v) is 18.6. The molecule has 1 saturated heterocycles. The number of aromatic hydroxyl groups is 1. The van der Waals surface area contributed by atoms with Gasteiger partial charge in [0.1, 0.15) is 5.70 Å². The second kappa shape index (κ2) is 8.99. The molecule has 1 amide bonds. The number of aliphatic carboxylic acids is 1. The molecule has 2 aliphatic heterocycles. The van der Waals surface area contributed by atoms with Crippen molar-refractivity contribution in [1.82, 2.24) is 9.80 Å². The molecule has 3 rings (SSSR count). The average molecular weight is 448 g/mol. The van der Waals surface area contributed by atoms with Gasteiger partial charge in [0.25, 0.3) is 0 Å². The lowest BCUT2D eigenvalue weighted by Gasteiger charge is -2.46. The summed E-state index contributed by atoms with van der Waals surface area (Å²) in [5.41, 5.74) is 1.11. The average Bonchev–Trinajstić information content (AvgIpc) is 2.94. The van der Waals surface area contributed by atoms with Gasteiger partial charge in [-0.25, -0.2) is 9.18 Å². The third kappa shape index (κ3) is 4.14. The van der Waals surface area contributed by atoms with E-state index in [1.165, 1.54) is 24.8 Å². The highest BCUT2D eigenvalue weighted by molar-refractivity contribution is 6.00. The molecule has 1 fully saturated rings. The normalized spacial score (nSPS) is 23.4. The number of halogens is 1. The lowest BCUT2D eigenvalue weighted by atomic mass is 9.77. The van der Waals surface area contributed by atoms with Crippen LogP contribution in [0.1, 0.15) is 42.6 Å². The Hall–Kier alpha value is -2.78. The highest BCUT2D eigenvalue weighted by atomic mass is 19.1. The number of carbonyl (C=O) groups is 3. The summed E-state index contributed by atoms with van der Waals surface area (Å²) in [6.07, 6.45) is -0.201. The molecule has 32 heavy (non-hydrogen) atoms. The number of carboxylic acid groups (broad SMARTS) is 1. The second-order valence-corrected chi connectivity index (χ2v) is 8.82. The molecule has 9 heteroatoms.